The number of amides is 1. The highest BCUT2D eigenvalue weighted by Crippen LogP contribution is 2.19. The average Bonchev–Trinajstić information content (AvgIpc) is 2.69. The number of piperidine rings is 1. The molecule has 2 aromatic rings. The first-order valence-corrected chi connectivity index (χ1v) is 9.90. The van der Waals surface area contributed by atoms with Gasteiger partial charge in [-0.2, -0.15) is 0 Å². The van der Waals surface area contributed by atoms with Gasteiger partial charge >= 0.3 is 0 Å². The molecule has 2 aromatic carbocycles. The summed E-state index contributed by atoms with van der Waals surface area (Å²) in [5.74, 6) is 0.106. The lowest BCUT2D eigenvalue weighted by Gasteiger charge is -2.31. The number of likely N-dealkylation sites (tertiary alicyclic amines) is 1. The maximum absolute atomic E-state index is 12.9. The molecular weight excluding hydrogens is 339 g/mol. The number of nitrogens with one attached hydrogen (secondary N) is 1. The standard InChI is InChI=1S/C23H29FN2O/c1-18-4-6-20(7-5-18)17-26-15-12-21(13-16-26)23(27)25-14-2-3-19-8-10-22(24)11-9-19/h4-11,21H,2-3,12-17H2,1H3,(H,25,27). The van der Waals surface area contributed by atoms with Crippen molar-refractivity contribution in [3.63, 3.8) is 0 Å². The quantitative estimate of drug-likeness (QED) is 0.747. The van der Waals surface area contributed by atoms with Crippen molar-refractivity contribution in [1.29, 1.82) is 0 Å². The number of carbonyl (C=O) groups is 1. The first kappa shape index (κ1) is 19.6. The van der Waals surface area contributed by atoms with Crippen LogP contribution in [0.4, 0.5) is 4.39 Å². The van der Waals surface area contributed by atoms with Crippen LogP contribution in [0.2, 0.25) is 0 Å². The van der Waals surface area contributed by atoms with Crippen LogP contribution < -0.4 is 5.32 Å². The van der Waals surface area contributed by atoms with Crippen molar-refractivity contribution in [2.75, 3.05) is 19.6 Å². The lowest BCUT2D eigenvalue weighted by Crippen LogP contribution is -2.40. The van der Waals surface area contributed by atoms with E-state index in [4.69, 9.17) is 0 Å². The molecule has 4 heteroatoms. The molecule has 1 aliphatic heterocycles. The molecule has 3 rings (SSSR count). The summed E-state index contributed by atoms with van der Waals surface area (Å²) >= 11 is 0. The molecule has 1 fully saturated rings. The molecule has 1 N–H and O–H groups in total. The van der Waals surface area contributed by atoms with Gasteiger partial charge in [-0.05, 0) is 69.0 Å². The minimum atomic E-state index is -0.208. The van der Waals surface area contributed by atoms with Crippen LogP contribution in [-0.4, -0.2) is 30.4 Å². The van der Waals surface area contributed by atoms with E-state index in [9.17, 15) is 9.18 Å². The minimum Gasteiger partial charge on any atom is -0.356 e. The second kappa shape index (κ2) is 9.65. The molecule has 1 saturated heterocycles. The Morgan fingerprint density at radius 3 is 2.33 bits per heavy atom. The molecule has 0 radical (unpaired) electrons. The molecule has 0 atom stereocenters. The summed E-state index contributed by atoms with van der Waals surface area (Å²) in [6.07, 6.45) is 3.59. The van der Waals surface area contributed by atoms with Crippen LogP contribution in [0.3, 0.4) is 0 Å². The topological polar surface area (TPSA) is 32.3 Å². The smallest absolute Gasteiger partial charge is 0.223 e. The number of hydrogen-bond donors (Lipinski definition) is 1. The highest BCUT2D eigenvalue weighted by molar-refractivity contribution is 5.78. The van der Waals surface area contributed by atoms with Crippen molar-refractivity contribution >= 4 is 5.91 Å². The lowest BCUT2D eigenvalue weighted by molar-refractivity contribution is -0.126. The number of aryl methyl sites for hydroxylation is 2. The zero-order valence-electron chi connectivity index (χ0n) is 16.1. The molecule has 0 saturated carbocycles. The van der Waals surface area contributed by atoms with Gasteiger partial charge < -0.3 is 5.32 Å². The van der Waals surface area contributed by atoms with Crippen molar-refractivity contribution in [1.82, 2.24) is 10.2 Å². The van der Waals surface area contributed by atoms with Crippen LogP contribution in [0.5, 0.6) is 0 Å². The number of carbonyl (C=O) groups excluding carboxylic acids is 1. The molecule has 3 nitrogen and oxygen atoms in total. The van der Waals surface area contributed by atoms with Crippen LogP contribution in [-0.2, 0) is 17.8 Å². The Kier molecular flexibility index (Phi) is 6.99. The van der Waals surface area contributed by atoms with Gasteiger partial charge in [-0.1, -0.05) is 42.0 Å². The molecule has 1 heterocycles. The van der Waals surface area contributed by atoms with E-state index in [1.165, 1.54) is 23.3 Å². The predicted octanol–water partition coefficient (Wildman–Crippen LogP) is 4.10. The zero-order chi connectivity index (χ0) is 19.1. The van der Waals surface area contributed by atoms with Crippen molar-refractivity contribution in [3.05, 3.63) is 71.0 Å². The van der Waals surface area contributed by atoms with Crippen LogP contribution in [0, 0.1) is 18.7 Å². The van der Waals surface area contributed by atoms with Crippen LogP contribution in [0.1, 0.15) is 36.0 Å². The Balaban J connectivity index is 1.33. The minimum absolute atomic E-state index is 0.130. The van der Waals surface area contributed by atoms with Gasteiger partial charge in [0.05, 0.1) is 0 Å². The van der Waals surface area contributed by atoms with Crippen molar-refractivity contribution in [3.8, 4) is 0 Å². The molecule has 144 valence electrons. The molecule has 0 bridgehead atoms. The maximum atomic E-state index is 12.9. The Labute approximate surface area is 161 Å². The van der Waals surface area contributed by atoms with E-state index in [1.54, 1.807) is 12.1 Å². The Morgan fingerprint density at radius 1 is 1.04 bits per heavy atom. The number of rotatable bonds is 7. The third kappa shape index (κ3) is 6.17. The summed E-state index contributed by atoms with van der Waals surface area (Å²) in [5, 5.41) is 3.07. The molecule has 0 aliphatic carbocycles. The van der Waals surface area contributed by atoms with Gasteiger partial charge in [0.15, 0.2) is 0 Å². The van der Waals surface area contributed by atoms with Gasteiger partial charge in [-0.25, -0.2) is 4.39 Å². The van der Waals surface area contributed by atoms with Crippen molar-refractivity contribution in [2.24, 2.45) is 5.92 Å². The summed E-state index contributed by atoms with van der Waals surface area (Å²) < 4.78 is 12.9. The molecule has 1 amide bonds. The monoisotopic (exact) mass is 368 g/mol. The van der Waals surface area contributed by atoms with E-state index >= 15 is 0 Å². The molecule has 0 unspecified atom stereocenters. The highest BCUT2D eigenvalue weighted by Gasteiger charge is 2.24. The lowest BCUT2D eigenvalue weighted by atomic mass is 9.95. The van der Waals surface area contributed by atoms with Crippen molar-refractivity contribution in [2.45, 2.75) is 39.2 Å². The Bertz CT molecular complexity index is 719. The largest absolute Gasteiger partial charge is 0.356 e. The second-order valence-electron chi connectivity index (χ2n) is 7.56. The summed E-state index contributed by atoms with van der Waals surface area (Å²) in [4.78, 5) is 14.8. The van der Waals surface area contributed by atoms with Gasteiger partial charge in [-0.3, -0.25) is 9.69 Å². The van der Waals surface area contributed by atoms with Crippen LogP contribution in [0.25, 0.3) is 0 Å². The van der Waals surface area contributed by atoms with Gasteiger partial charge in [0.2, 0.25) is 5.91 Å². The van der Waals surface area contributed by atoms with E-state index in [2.05, 4.69) is 41.4 Å². The fourth-order valence-corrected chi connectivity index (χ4v) is 3.60. The fourth-order valence-electron chi connectivity index (χ4n) is 3.60. The number of benzene rings is 2. The molecule has 27 heavy (non-hydrogen) atoms. The summed E-state index contributed by atoms with van der Waals surface area (Å²) in [6.45, 7) is 5.70. The first-order chi connectivity index (χ1) is 13.1. The van der Waals surface area contributed by atoms with E-state index in [0.29, 0.717) is 6.54 Å². The number of halogens is 1. The van der Waals surface area contributed by atoms with Crippen molar-refractivity contribution < 1.29 is 9.18 Å². The second-order valence-corrected chi connectivity index (χ2v) is 7.56. The van der Waals surface area contributed by atoms with Gasteiger partial charge in [0, 0.05) is 19.0 Å². The third-order valence-corrected chi connectivity index (χ3v) is 5.34. The summed E-state index contributed by atoms with van der Waals surface area (Å²) in [5.41, 5.74) is 3.73. The summed E-state index contributed by atoms with van der Waals surface area (Å²) in [7, 11) is 0. The van der Waals surface area contributed by atoms with Gasteiger partial charge in [0.25, 0.3) is 0 Å². The van der Waals surface area contributed by atoms with Gasteiger partial charge in [0.1, 0.15) is 5.82 Å². The number of nitrogens with zero attached hydrogens (tertiary/aromatic N) is 1. The Hall–Kier alpha value is -2.20. The summed E-state index contributed by atoms with van der Waals surface area (Å²) in [6, 6.07) is 15.3. The third-order valence-electron chi connectivity index (χ3n) is 5.34. The number of hydrogen-bond acceptors (Lipinski definition) is 2. The van der Waals surface area contributed by atoms with E-state index in [-0.39, 0.29) is 17.6 Å². The Morgan fingerprint density at radius 2 is 1.67 bits per heavy atom. The first-order valence-electron chi connectivity index (χ1n) is 9.90. The SMILES string of the molecule is Cc1ccc(CN2CCC(C(=O)NCCCc3ccc(F)cc3)CC2)cc1. The molecule has 1 aliphatic rings. The van der Waals surface area contributed by atoms with Crippen LogP contribution in [0.15, 0.2) is 48.5 Å². The van der Waals surface area contributed by atoms with Gasteiger partial charge in [-0.15, -0.1) is 0 Å². The zero-order valence-corrected chi connectivity index (χ0v) is 16.1. The molecule has 0 spiro atoms. The van der Waals surface area contributed by atoms with E-state index in [1.807, 2.05) is 0 Å². The highest BCUT2D eigenvalue weighted by atomic mass is 19.1. The predicted molar refractivity (Wildman–Crippen MR) is 107 cm³/mol. The van der Waals surface area contributed by atoms with E-state index < -0.39 is 0 Å². The molecular formula is C23H29FN2O. The van der Waals surface area contributed by atoms with E-state index in [0.717, 1.165) is 50.9 Å². The van der Waals surface area contributed by atoms with Crippen LogP contribution >= 0.6 is 0 Å². The fraction of sp³-hybridized carbons (Fsp3) is 0.435. The maximum Gasteiger partial charge on any atom is 0.223 e. The normalized spacial score (nSPS) is 15.6. The molecule has 0 aromatic heterocycles. The average molecular weight is 368 g/mol.